The number of carbonyl (C=O) groups excluding carboxylic acids is 1. The Morgan fingerprint density at radius 3 is 1.94 bits per heavy atom. The summed E-state index contributed by atoms with van der Waals surface area (Å²) >= 11 is 0. The summed E-state index contributed by atoms with van der Waals surface area (Å²) in [6.07, 6.45) is 0. The summed E-state index contributed by atoms with van der Waals surface area (Å²) < 4.78 is 0. The van der Waals surface area contributed by atoms with Crippen molar-refractivity contribution in [3.8, 4) is 0 Å². The van der Waals surface area contributed by atoms with Crippen molar-refractivity contribution in [3.63, 3.8) is 0 Å². The molecule has 0 aliphatic rings. The second kappa shape index (κ2) is 13.2. The largest absolute Gasteiger partial charge is 0.398 e. The van der Waals surface area contributed by atoms with Crippen molar-refractivity contribution in [1.82, 2.24) is 0 Å². The number of nitrogens with zero attached hydrogens (tertiary/aromatic N) is 1. The van der Waals surface area contributed by atoms with Crippen LogP contribution in [0.1, 0.15) is 38.6 Å². The molecule has 90 valence electrons. The molecule has 0 aromatic heterocycles. The summed E-state index contributed by atoms with van der Waals surface area (Å²) in [4.78, 5) is 13.5. The van der Waals surface area contributed by atoms with Crippen molar-refractivity contribution in [2.24, 2.45) is 0 Å². The molecule has 3 heteroatoms. The second-order valence-electron chi connectivity index (χ2n) is 2.37. The first-order valence-electron chi connectivity index (χ1n) is 4.74. The average Bonchev–Trinajstić information content (AvgIpc) is 2.22. The summed E-state index contributed by atoms with van der Waals surface area (Å²) in [6.45, 7) is 11.3. The van der Waals surface area contributed by atoms with Crippen molar-refractivity contribution in [1.29, 1.82) is 0 Å². The van der Waals surface area contributed by atoms with E-state index in [0.29, 0.717) is 11.3 Å². The first-order chi connectivity index (χ1) is 7.13. The number of rotatable bonds is 1. The number of hydrogen-bond donors (Lipinski definition) is 1. The molecule has 1 rings (SSSR count). The van der Waals surface area contributed by atoms with E-state index in [0.717, 1.165) is 0 Å². The maximum Gasteiger partial charge on any atom is 0.205 e. The van der Waals surface area contributed by atoms with Gasteiger partial charge in [0.05, 0.1) is 0 Å². The number of anilines is 1. The van der Waals surface area contributed by atoms with E-state index in [2.05, 4.69) is 4.85 Å². The topological polar surface area (TPSA) is 47.5 Å². The lowest BCUT2D eigenvalue weighted by Crippen LogP contribution is -1.97. The summed E-state index contributed by atoms with van der Waals surface area (Å²) in [5.74, 6) is 0.0121. The van der Waals surface area contributed by atoms with E-state index in [1.807, 2.05) is 19.9 Å². The Hall–Kier alpha value is -1.82. The molecule has 1 aromatic carbocycles. The SMILES string of the molecule is C.CC.CC(=O)c1ccccc1N.[C-]#[N+]C. The van der Waals surface area contributed by atoms with Crippen LogP contribution in [-0.2, 0) is 0 Å². The number of carbonyl (C=O) groups is 1. The number of para-hydroxylation sites is 1. The zero-order chi connectivity index (χ0) is 12.3. The Balaban J connectivity index is -0.000000246. The van der Waals surface area contributed by atoms with Gasteiger partial charge in [0.1, 0.15) is 0 Å². The summed E-state index contributed by atoms with van der Waals surface area (Å²) in [6, 6.07) is 7.04. The smallest absolute Gasteiger partial charge is 0.205 e. The molecule has 1 aromatic rings. The Morgan fingerprint density at radius 1 is 1.31 bits per heavy atom. The molecule has 0 unspecified atom stereocenters. The van der Waals surface area contributed by atoms with Crippen LogP contribution in [0.15, 0.2) is 24.3 Å². The maximum absolute atomic E-state index is 10.8. The first-order valence-corrected chi connectivity index (χ1v) is 4.74. The second-order valence-corrected chi connectivity index (χ2v) is 2.37. The highest BCUT2D eigenvalue weighted by atomic mass is 16.1. The minimum Gasteiger partial charge on any atom is -0.398 e. The Labute approximate surface area is 99.1 Å². The van der Waals surface area contributed by atoms with Gasteiger partial charge in [-0.3, -0.25) is 4.79 Å². The van der Waals surface area contributed by atoms with E-state index in [9.17, 15) is 4.79 Å². The predicted molar refractivity (Wildman–Crippen MR) is 71.5 cm³/mol. The van der Waals surface area contributed by atoms with Crippen LogP contribution in [0.5, 0.6) is 0 Å². The van der Waals surface area contributed by atoms with Crippen molar-refractivity contribution >= 4 is 11.5 Å². The molecular formula is C13H22N2O. The van der Waals surface area contributed by atoms with Gasteiger partial charge in [0.25, 0.3) is 0 Å². The lowest BCUT2D eigenvalue weighted by molar-refractivity contribution is 0.101. The van der Waals surface area contributed by atoms with Crippen LogP contribution in [0.4, 0.5) is 5.69 Å². The highest BCUT2D eigenvalue weighted by Gasteiger charge is 2.00. The number of hydrogen-bond acceptors (Lipinski definition) is 2. The number of nitrogen functional groups attached to an aromatic ring is 1. The van der Waals surface area contributed by atoms with Gasteiger partial charge in [0, 0.05) is 11.3 Å². The summed E-state index contributed by atoms with van der Waals surface area (Å²) in [5, 5.41) is 0. The number of ketones is 1. The third kappa shape index (κ3) is 8.76. The van der Waals surface area contributed by atoms with Gasteiger partial charge in [-0.1, -0.05) is 33.4 Å². The van der Waals surface area contributed by atoms with Crippen molar-refractivity contribution in [3.05, 3.63) is 41.2 Å². The highest BCUT2D eigenvalue weighted by molar-refractivity contribution is 5.98. The zero-order valence-electron chi connectivity index (χ0n) is 9.74. The molecule has 2 N–H and O–H groups in total. The van der Waals surface area contributed by atoms with Gasteiger partial charge in [0.2, 0.25) is 7.05 Å². The fraction of sp³-hybridized carbons (Fsp3) is 0.385. The molecule has 0 saturated heterocycles. The minimum atomic E-state index is 0. The summed E-state index contributed by atoms with van der Waals surface area (Å²) in [7, 11) is 1.42. The maximum atomic E-state index is 10.8. The molecular weight excluding hydrogens is 200 g/mol. The van der Waals surface area contributed by atoms with Crippen LogP contribution >= 0.6 is 0 Å². The van der Waals surface area contributed by atoms with E-state index in [1.54, 1.807) is 18.2 Å². The van der Waals surface area contributed by atoms with Crippen LogP contribution in [0.25, 0.3) is 4.85 Å². The predicted octanol–water partition coefficient (Wildman–Crippen LogP) is 3.67. The third-order valence-corrected chi connectivity index (χ3v) is 1.34. The minimum absolute atomic E-state index is 0. The van der Waals surface area contributed by atoms with E-state index in [1.165, 1.54) is 14.0 Å². The van der Waals surface area contributed by atoms with Gasteiger partial charge in [0.15, 0.2) is 5.78 Å². The molecule has 0 aliphatic heterocycles. The van der Waals surface area contributed by atoms with E-state index >= 15 is 0 Å². The van der Waals surface area contributed by atoms with Gasteiger partial charge < -0.3 is 10.6 Å². The fourth-order valence-corrected chi connectivity index (χ4v) is 0.818. The Kier molecular flexibility index (Phi) is 16.2. The Morgan fingerprint density at radius 2 is 1.69 bits per heavy atom. The average molecular weight is 222 g/mol. The standard InChI is InChI=1S/C8H9NO.C2H3N.C2H6.CH4/c1-6(10)7-4-2-3-5-8(7)9;1-3-2;1-2;/h2-5H,9H2,1H3;1H3;1-2H3;1H4. The van der Waals surface area contributed by atoms with Crippen LogP contribution in [0.3, 0.4) is 0 Å². The highest BCUT2D eigenvalue weighted by Crippen LogP contribution is 2.09. The molecule has 0 bridgehead atoms. The molecule has 0 aliphatic carbocycles. The third-order valence-electron chi connectivity index (χ3n) is 1.34. The molecule has 3 nitrogen and oxygen atoms in total. The molecule has 0 atom stereocenters. The van der Waals surface area contributed by atoms with E-state index in [-0.39, 0.29) is 13.2 Å². The molecule has 0 fully saturated rings. The monoisotopic (exact) mass is 222 g/mol. The van der Waals surface area contributed by atoms with Gasteiger partial charge in [-0.15, -0.1) is 0 Å². The number of nitrogens with two attached hydrogens (primary N) is 1. The molecule has 0 saturated carbocycles. The lowest BCUT2D eigenvalue weighted by Gasteiger charge is -1.97. The van der Waals surface area contributed by atoms with E-state index < -0.39 is 0 Å². The van der Waals surface area contributed by atoms with Crippen LogP contribution in [-0.4, -0.2) is 12.8 Å². The van der Waals surface area contributed by atoms with Gasteiger partial charge >= 0.3 is 0 Å². The van der Waals surface area contributed by atoms with Crippen LogP contribution in [0.2, 0.25) is 0 Å². The quantitative estimate of drug-likeness (QED) is 0.447. The molecule has 0 radical (unpaired) electrons. The first kappa shape index (κ1) is 19.7. The number of Topliss-reactive ketones (excluding diaryl/α,β-unsaturated/α-hetero) is 1. The molecule has 16 heavy (non-hydrogen) atoms. The van der Waals surface area contributed by atoms with E-state index in [4.69, 9.17) is 12.3 Å². The Bertz CT molecular complexity index is 327. The molecule has 0 spiro atoms. The van der Waals surface area contributed by atoms with Crippen molar-refractivity contribution in [2.45, 2.75) is 28.2 Å². The van der Waals surface area contributed by atoms with Gasteiger partial charge in [-0.05, 0) is 19.1 Å². The lowest BCUT2D eigenvalue weighted by atomic mass is 10.1. The zero-order valence-corrected chi connectivity index (χ0v) is 9.74. The molecule has 0 amide bonds. The number of benzene rings is 1. The van der Waals surface area contributed by atoms with Crippen LogP contribution < -0.4 is 5.73 Å². The molecule has 0 heterocycles. The normalized spacial score (nSPS) is 6.69. The van der Waals surface area contributed by atoms with Crippen LogP contribution in [0, 0.1) is 6.57 Å². The van der Waals surface area contributed by atoms with Gasteiger partial charge in [-0.25, -0.2) is 6.57 Å². The fourth-order valence-electron chi connectivity index (χ4n) is 0.818. The van der Waals surface area contributed by atoms with Gasteiger partial charge in [-0.2, -0.15) is 0 Å². The summed E-state index contributed by atoms with van der Waals surface area (Å²) in [5.41, 5.74) is 6.65. The van der Waals surface area contributed by atoms with Crippen molar-refractivity contribution in [2.75, 3.05) is 12.8 Å². The van der Waals surface area contributed by atoms with Crippen molar-refractivity contribution < 1.29 is 4.79 Å².